The van der Waals surface area contributed by atoms with Gasteiger partial charge in [-0.25, -0.2) is 0 Å². The van der Waals surface area contributed by atoms with Gasteiger partial charge < -0.3 is 4.74 Å². The van der Waals surface area contributed by atoms with E-state index in [9.17, 15) is 4.79 Å². The first kappa shape index (κ1) is 21.5. The average molecular weight is 423 g/mol. The first-order valence-corrected chi connectivity index (χ1v) is 13.0. The second-order valence-electron chi connectivity index (χ2n) is 12.2. The summed E-state index contributed by atoms with van der Waals surface area (Å²) in [5.74, 6) is 6.04. The standard InChI is InChI=1S/C29H42O2/c1-19-13-15-28(2)21(17-19)7-10-23-24-11-12-26(29(24,3)16-14-25(23)28)27(30)18-20-5-8-22(31-4)9-6-20/h5-6,8-9,19,21,23-26H,7,10-18H2,1-4H3. The monoisotopic (exact) mass is 422 g/mol. The molecule has 0 N–H and O–H groups in total. The molecule has 1 aromatic rings. The van der Waals surface area contributed by atoms with Gasteiger partial charge in [-0.15, -0.1) is 0 Å². The summed E-state index contributed by atoms with van der Waals surface area (Å²) in [5, 5.41) is 0. The number of carbonyl (C=O) groups excluding carboxylic acids is 1. The molecule has 8 unspecified atom stereocenters. The summed E-state index contributed by atoms with van der Waals surface area (Å²) >= 11 is 0. The predicted molar refractivity (Wildman–Crippen MR) is 126 cm³/mol. The van der Waals surface area contributed by atoms with Gasteiger partial charge in [-0.3, -0.25) is 4.79 Å². The SMILES string of the molecule is COc1ccc(CC(=O)C2CCC3C4CCC5CC(C)CCC5(C)C4CCC23C)cc1. The fourth-order valence-corrected chi connectivity index (χ4v) is 9.07. The number of carbonyl (C=O) groups is 1. The topological polar surface area (TPSA) is 26.3 Å². The zero-order valence-corrected chi connectivity index (χ0v) is 20.2. The maximum Gasteiger partial charge on any atom is 0.140 e. The Kier molecular flexibility index (Phi) is 5.50. The predicted octanol–water partition coefficient (Wildman–Crippen LogP) is 7.10. The smallest absolute Gasteiger partial charge is 0.140 e. The van der Waals surface area contributed by atoms with Crippen molar-refractivity contribution in [1.29, 1.82) is 0 Å². The Balaban J connectivity index is 1.32. The third-order valence-electron chi connectivity index (χ3n) is 10.9. The molecule has 31 heavy (non-hydrogen) atoms. The minimum absolute atomic E-state index is 0.232. The van der Waals surface area contributed by atoms with Crippen molar-refractivity contribution in [3.05, 3.63) is 29.8 Å². The van der Waals surface area contributed by atoms with Crippen LogP contribution in [0.3, 0.4) is 0 Å². The van der Waals surface area contributed by atoms with Crippen LogP contribution in [0, 0.1) is 46.3 Å². The molecule has 4 aliphatic carbocycles. The molecule has 0 bridgehead atoms. The number of methoxy groups -OCH3 is 1. The number of hydrogen-bond acceptors (Lipinski definition) is 2. The number of rotatable bonds is 4. The summed E-state index contributed by atoms with van der Waals surface area (Å²) in [4.78, 5) is 13.5. The number of Topliss-reactive ketones (excluding diaryl/α,β-unsaturated/α-hetero) is 1. The highest BCUT2D eigenvalue weighted by molar-refractivity contribution is 5.84. The van der Waals surface area contributed by atoms with Gasteiger partial charge in [0.25, 0.3) is 0 Å². The van der Waals surface area contributed by atoms with E-state index in [-0.39, 0.29) is 11.3 Å². The lowest BCUT2D eigenvalue weighted by Gasteiger charge is -2.61. The molecule has 4 saturated carbocycles. The Morgan fingerprint density at radius 3 is 2.39 bits per heavy atom. The van der Waals surface area contributed by atoms with Gasteiger partial charge in [-0.1, -0.05) is 39.3 Å². The molecule has 0 aliphatic heterocycles. The van der Waals surface area contributed by atoms with Crippen molar-refractivity contribution in [3.8, 4) is 5.75 Å². The molecule has 0 spiro atoms. The summed E-state index contributed by atoms with van der Waals surface area (Å²) in [7, 11) is 1.69. The number of benzene rings is 1. The maximum atomic E-state index is 13.5. The van der Waals surface area contributed by atoms with Gasteiger partial charge >= 0.3 is 0 Å². The van der Waals surface area contributed by atoms with E-state index in [1.807, 2.05) is 12.1 Å². The molecule has 0 heterocycles. The Hall–Kier alpha value is -1.31. The molecule has 5 rings (SSSR count). The third kappa shape index (κ3) is 3.47. The van der Waals surface area contributed by atoms with E-state index in [0.717, 1.165) is 47.3 Å². The van der Waals surface area contributed by atoms with Crippen molar-refractivity contribution in [3.63, 3.8) is 0 Å². The number of ether oxygens (including phenoxy) is 1. The van der Waals surface area contributed by atoms with E-state index >= 15 is 0 Å². The van der Waals surface area contributed by atoms with Crippen molar-refractivity contribution in [1.82, 2.24) is 0 Å². The molecule has 4 aliphatic rings. The first-order chi connectivity index (χ1) is 14.8. The van der Waals surface area contributed by atoms with Crippen LogP contribution in [0.25, 0.3) is 0 Å². The lowest BCUT2D eigenvalue weighted by molar-refractivity contribution is -0.136. The summed E-state index contributed by atoms with van der Waals surface area (Å²) in [6, 6.07) is 8.09. The first-order valence-electron chi connectivity index (χ1n) is 13.0. The molecule has 0 radical (unpaired) electrons. The summed E-state index contributed by atoms with van der Waals surface area (Å²) in [6.45, 7) is 7.62. The van der Waals surface area contributed by atoms with Crippen molar-refractivity contribution < 1.29 is 9.53 Å². The lowest BCUT2D eigenvalue weighted by atomic mass is 9.44. The highest BCUT2D eigenvalue weighted by atomic mass is 16.5. The zero-order valence-electron chi connectivity index (χ0n) is 20.2. The van der Waals surface area contributed by atoms with Crippen LogP contribution in [0.4, 0.5) is 0 Å². The molecule has 2 heteroatoms. The van der Waals surface area contributed by atoms with Crippen molar-refractivity contribution in [2.24, 2.45) is 46.3 Å². The van der Waals surface area contributed by atoms with Gasteiger partial charge in [0.15, 0.2) is 0 Å². The van der Waals surface area contributed by atoms with Crippen molar-refractivity contribution in [2.45, 2.75) is 85.0 Å². The number of fused-ring (bicyclic) bond motifs is 5. The highest BCUT2D eigenvalue weighted by Crippen LogP contribution is 2.67. The number of hydrogen-bond donors (Lipinski definition) is 0. The Morgan fingerprint density at radius 2 is 1.65 bits per heavy atom. The highest BCUT2D eigenvalue weighted by Gasteiger charge is 2.60. The summed E-state index contributed by atoms with van der Waals surface area (Å²) in [6.07, 6.45) is 12.8. The molecule has 4 fully saturated rings. The fourth-order valence-electron chi connectivity index (χ4n) is 9.07. The van der Waals surface area contributed by atoms with Gasteiger partial charge in [0, 0.05) is 12.3 Å². The van der Waals surface area contributed by atoms with E-state index in [0.29, 0.717) is 17.6 Å². The van der Waals surface area contributed by atoms with Crippen LogP contribution in [0.5, 0.6) is 5.75 Å². The molecular weight excluding hydrogens is 380 g/mol. The van der Waals surface area contributed by atoms with E-state index in [1.165, 1.54) is 51.4 Å². The average Bonchev–Trinajstić information content (AvgIpc) is 3.12. The Morgan fingerprint density at radius 1 is 0.935 bits per heavy atom. The molecule has 0 aromatic heterocycles. The maximum absolute atomic E-state index is 13.5. The molecule has 0 saturated heterocycles. The Bertz CT molecular complexity index is 813. The van der Waals surface area contributed by atoms with Gasteiger partial charge in [0.1, 0.15) is 11.5 Å². The Labute approximate surface area is 189 Å². The molecule has 1 aromatic carbocycles. The van der Waals surface area contributed by atoms with Gasteiger partial charge in [-0.2, -0.15) is 0 Å². The van der Waals surface area contributed by atoms with E-state index in [1.54, 1.807) is 7.11 Å². The zero-order chi connectivity index (χ0) is 21.8. The third-order valence-corrected chi connectivity index (χ3v) is 10.9. The van der Waals surface area contributed by atoms with Gasteiger partial charge in [-0.05, 0) is 109 Å². The quantitative estimate of drug-likeness (QED) is 0.517. The van der Waals surface area contributed by atoms with Crippen molar-refractivity contribution in [2.75, 3.05) is 7.11 Å². The van der Waals surface area contributed by atoms with Crippen LogP contribution in [0.15, 0.2) is 24.3 Å². The van der Waals surface area contributed by atoms with Crippen LogP contribution in [-0.2, 0) is 11.2 Å². The second kappa shape index (κ2) is 7.92. The number of ketones is 1. The largest absolute Gasteiger partial charge is 0.497 e. The van der Waals surface area contributed by atoms with Gasteiger partial charge in [0.05, 0.1) is 7.11 Å². The van der Waals surface area contributed by atoms with Crippen molar-refractivity contribution >= 4 is 5.78 Å². The minimum Gasteiger partial charge on any atom is -0.497 e. The van der Waals surface area contributed by atoms with Crippen LogP contribution in [-0.4, -0.2) is 12.9 Å². The van der Waals surface area contributed by atoms with Crippen LogP contribution < -0.4 is 4.74 Å². The lowest BCUT2D eigenvalue weighted by Crippen LogP contribution is -2.53. The summed E-state index contributed by atoms with van der Waals surface area (Å²) in [5.41, 5.74) is 1.94. The van der Waals surface area contributed by atoms with E-state index in [4.69, 9.17) is 4.74 Å². The summed E-state index contributed by atoms with van der Waals surface area (Å²) < 4.78 is 5.28. The molecule has 170 valence electrons. The molecular formula is C29H42O2. The van der Waals surface area contributed by atoms with Crippen LogP contribution in [0.1, 0.15) is 84.1 Å². The van der Waals surface area contributed by atoms with Crippen LogP contribution in [0.2, 0.25) is 0 Å². The van der Waals surface area contributed by atoms with E-state index in [2.05, 4.69) is 32.9 Å². The molecule has 0 amide bonds. The van der Waals surface area contributed by atoms with E-state index < -0.39 is 0 Å². The molecule has 8 atom stereocenters. The minimum atomic E-state index is 0.232. The van der Waals surface area contributed by atoms with Gasteiger partial charge in [0.2, 0.25) is 0 Å². The molecule has 2 nitrogen and oxygen atoms in total. The van der Waals surface area contributed by atoms with Crippen LogP contribution >= 0.6 is 0 Å². The fraction of sp³-hybridized carbons (Fsp3) is 0.759. The second-order valence-corrected chi connectivity index (χ2v) is 12.2. The normalized spacial score (nSPS) is 44.1.